The van der Waals surface area contributed by atoms with Gasteiger partial charge in [-0.1, -0.05) is 0 Å². The van der Waals surface area contributed by atoms with Crippen LogP contribution >= 0.6 is 0 Å². The number of anilines is 1. The first-order valence-electron chi connectivity index (χ1n) is 6.76. The smallest absolute Gasteiger partial charge is 0.236 e. The summed E-state index contributed by atoms with van der Waals surface area (Å²) < 4.78 is 17.9. The fourth-order valence-electron chi connectivity index (χ4n) is 1.78. The molecule has 3 N–H and O–H groups in total. The average molecular weight is 296 g/mol. The third-order valence-corrected chi connectivity index (χ3v) is 4.77. The van der Waals surface area contributed by atoms with Crippen LogP contribution in [0.25, 0.3) is 0 Å². The Balaban J connectivity index is 2.13. The molecule has 0 spiro atoms. The van der Waals surface area contributed by atoms with Crippen molar-refractivity contribution >= 4 is 22.4 Å². The van der Waals surface area contributed by atoms with Crippen LogP contribution in [0.2, 0.25) is 0 Å². The summed E-state index contributed by atoms with van der Waals surface area (Å²) in [5, 5.41) is 2.23. The van der Waals surface area contributed by atoms with Crippen LogP contribution < -0.4 is 15.8 Å². The highest BCUT2D eigenvalue weighted by Crippen LogP contribution is 2.25. The van der Waals surface area contributed by atoms with Crippen LogP contribution in [-0.2, 0) is 15.6 Å². The summed E-state index contributed by atoms with van der Waals surface area (Å²) in [7, 11) is -1.49. The Morgan fingerprint density at radius 1 is 1.55 bits per heavy atom. The van der Waals surface area contributed by atoms with Gasteiger partial charge in [-0.05, 0) is 44.9 Å². The fourth-order valence-corrected chi connectivity index (χ4v) is 2.96. The number of carbonyl (C=O) groups is 1. The van der Waals surface area contributed by atoms with Gasteiger partial charge in [0.1, 0.15) is 11.0 Å². The SMILES string of the molecule is CCOc1ccc(N)c(S(=O)C(C)C(=O)NC2CC2)c1. The van der Waals surface area contributed by atoms with Crippen LogP contribution in [0.3, 0.4) is 0 Å². The molecule has 2 atom stereocenters. The number of ether oxygens (including phenoxy) is 1. The minimum absolute atomic E-state index is 0.188. The number of hydrogen-bond donors (Lipinski definition) is 2. The van der Waals surface area contributed by atoms with E-state index in [-0.39, 0.29) is 11.9 Å². The van der Waals surface area contributed by atoms with E-state index >= 15 is 0 Å². The van der Waals surface area contributed by atoms with Crippen molar-refractivity contribution in [1.82, 2.24) is 5.32 Å². The second-order valence-electron chi connectivity index (χ2n) is 4.86. The van der Waals surface area contributed by atoms with Crippen LogP contribution in [0.5, 0.6) is 5.75 Å². The Hall–Kier alpha value is -1.56. The van der Waals surface area contributed by atoms with Crippen molar-refractivity contribution in [2.24, 2.45) is 0 Å². The predicted molar refractivity (Wildman–Crippen MR) is 79.1 cm³/mol. The molecule has 1 amide bonds. The molecule has 0 bridgehead atoms. The topological polar surface area (TPSA) is 81.4 Å². The number of hydrogen-bond acceptors (Lipinski definition) is 4. The van der Waals surface area contributed by atoms with Gasteiger partial charge in [-0.2, -0.15) is 0 Å². The minimum Gasteiger partial charge on any atom is -0.494 e. The van der Waals surface area contributed by atoms with Crippen LogP contribution in [0.4, 0.5) is 5.69 Å². The van der Waals surface area contributed by atoms with Gasteiger partial charge in [-0.15, -0.1) is 0 Å². The largest absolute Gasteiger partial charge is 0.494 e. The van der Waals surface area contributed by atoms with Crippen molar-refractivity contribution in [1.29, 1.82) is 0 Å². The maximum atomic E-state index is 12.5. The van der Waals surface area contributed by atoms with E-state index in [0.717, 1.165) is 12.8 Å². The number of nitrogens with one attached hydrogen (secondary N) is 1. The molecule has 1 aromatic carbocycles. The van der Waals surface area contributed by atoms with E-state index in [1.54, 1.807) is 25.1 Å². The average Bonchev–Trinajstić information content (AvgIpc) is 3.23. The molecule has 5 nitrogen and oxygen atoms in total. The number of nitrogens with two attached hydrogens (primary N) is 1. The molecule has 0 saturated heterocycles. The molecule has 2 rings (SSSR count). The summed E-state index contributed by atoms with van der Waals surface area (Å²) in [6, 6.07) is 5.29. The molecule has 20 heavy (non-hydrogen) atoms. The van der Waals surface area contributed by atoms with E-state index in [0.29, 0.717) is 22.9 Å². The van der Waals surface area contributed by atoms with Gasteiger partial charge in [-0.3, -0.25) is 9.00 Å². The molecule has 110 valence electrons. The zero-order valence-corrected chi connectivity index (χ0v) is 12.5. The number of amides is 1. The van der Waals surface area contributed by atoms with Crippen molar-refractivity contribution in [2.75, 3.05) is 12.3 Å². The maximum absolute atomic E-state index is 12.5. The Labute approximate surface area is 121 Å². The molecule has 1 fully saturated rings. The van der Waals surface area contributed by atoms with E-state index < -0.39 is 16.0 Å². The second-order valence-corrected chi connectivity index (χ2v) is 6.60. The van der Waals surface area contributed by atoms with Gasteiger partial charge < -0.3 is 15.8 Å². The number of benzene rings is 1. The zero-order chi connectivity index (χ0) is 14.7. The van der Waals surface area contributed by atoms with Gasteiger partial charge in [0, 0.05) is 11.7 Å². The molecule has 0 radical (unpaired) electrons. The van der Waals surface area contributed by atoms with Crippen molar-refractivity contribution in [3.63, 3.8) is 0 Å². The highest BCUT2D eigenvalue weighted by molar-refractivity contribution is 7.86. The van der Waals surface area contributed by atoms with Crippen molar-refractivity contribution in [2.45, 2.75) is 42.9 Å². The standard InChI is InChI=1S/C14H20N2O3S/c1-3-19-11-6-7-12(15)13(8-11)20(18)9(2)14(17)16-10-4-5-10/h6-10H,3-5,15H2,1-2H3,(H,16,17). The first kappa shape index (κ1) is 14.8. The van der Waals surface area contributed by atoms with E-state index in [1.807, 2.05) is 6.92 Å². The monoisotopic (exact) mass is 296 g/mol. The third kappa shape index (κ3) is 3.50. The number of carbonyl (C=O) groups excluding carboxylic acids is 1. The Kier molecular flexibility index (Phi) is 4.65. The van der Waals surface area contributed by atoms with E-state index in [1.165, 1.54) is 0 Å². The lowest BCUT2D eigenvalue weighted by molar-refractivity contribution is -0.120. The Morgan fingerprint density at radius 3 is 2.85 bits per heavy atom. The summed E-state index contributed by atoms with van der Waals surface area (Å²) in [5.41, 5.74) is 6.27. The molecule has 1 saturated carbocycles. The van der Waals surface area contributed by atoms with Crippen LogP contribution in [0, 0.1) is 0 Å². The minimum atomic E-state index is -1.49. The lowest BCUT2D eigenvalue weighted by Gasteiger charge is -2.14. The Bertz CT molecular complexity index is 529. The molecule has 0 aliphatic heterocycles. The van der Waals surface area contributed by atoms with Gasteiger partial charge in [0.2, 0.25) is 5.91 Å². The number of nitrogen functional groups attached to an aromatic ring is 1. The third-order valence-electron chi connectivity index (χ3n) is 3.13. The number of rotatable bonds is 6. The molecule has 1 aliphatic rings. The van der Waals surface area contributed by atoms with Gasteiger partial charge >= 0.3 is 0 Å². The van der Waals surface area contributed by atoms with Crippen LogP contribution in [0.1, 0.15) is 26.7 Å². The predicted octanol–water partition coefficient (Wildman–Crippen LogP) is 1.44. The van der Waals surface area contributed by atoms with Crippen molar-refractivity contribution in [3.05, 3.63) is 18.2 Å². The van der Waals surface area contributed by atoms with E-state index in [4.69, 9.17) is 10.5 Å². The molecule has 2 unspecified atom stereocenters. The molecular weight excluding hydrogens is 276 g/mol. The summed E-state index contributed by atoms with van der Waals surface area (Å²) >= 11 is 0. The van der Waals surface area contributed by atoms with Gasteiger partial charge in [0.05, 0.1) is 22.3 Å². The summed E-state index contributed by atoms with van der Waals surface area (Å²) in [6.07, 6.45) is 2.01. The highest BCUT2D eigenvalue weighted by Gasteiger charge is 2.29. The van der Waals surface area contributed by atoms with Crippen LogP contribution in [0.15, 0.2) is 23.1 Å². The van der Waals surface area contributed by atoms with Gasteiger partial charge in [0.25, 0.3) is 0 Å². The fraction of sp³-hybridized carbons (Fsp3) is 0.500. The first-order chi connectivity index (χ1) is 9.52. The molecule has 0 heterocycles. The lowest BCUT2D eigenvalue weighted by Crippen LogP contribution is -2.36. The van der Waals surface area contributed by atoms with E-state index in [9.17, 15) is 9.00 Å². The van der Waals surface area contributed by atoms with Gasteiger partial charge in [-0.25, -0.2) is 0 Å². The summed E-state index contributed by atoms with van der Waals surface area (Å²) in [5.74, 6) is 0.423. The maximum Gasteiger partial charge on any atom is 0.236 e. The first-order valence-corrected chi connectivity index (χ1v) is 7.97. The van der Waals surface area contributed by atoms with E-state index in [2.05, 4.69) is 5.32 Å². The Morgan fingerprint density at radius 2 is 2.25 bits per heavy atom. The molecular formula is C14H20N2O3S. The molecule has 0 aromatic heterocycles. The van der Waals surface area contributed by atoms with Crippen LogP contribution in [-0.4, -0.2) is 28.0 Å². The second kappa shape index (κ2) is 6.26. The summed E-state index contributed by atoms with van der Waals surface area (Å²) in [4.78, 5) is 12.4. The lowest BCUT2D eigenvalue weighted by atomic mass is 10.3. The zero-order valence-electron chi connectivity index (χ0n) is 11.7. The summed E-state index contributed by atoms with van der Waals surface area (Å²) in [6.45, 7) is 4.05. The molecule has 1 aromatic rings. The normalized spacial score (nSPS) is 17.3. The van der Waals surface area contributed by atoms with Crippen molar-refractivity contribution in [3.8, 4) is 5.75 Å². The molecule has 6 heteroatoms. The van der Waals surface area contributed by atoms with Gasteiger partial charge in [0.15, 0.2) is 0 Å². The molecule has 1 aliphatic carbocycles. The highest BCUT2D eigenvalue weighted by atomic mass is 32.2. The van der Waals surface area contributed by atoms with Crippen molar-refractivity contribution < 1.29 is 13.7 Å². The quantitative estimate of drug-likeness (QED) is 0.778.